The Bertz CT molecular complexity index is 379. The lowest BCUT2D eigenvalue weighted by Crippen LogP contribution is -2.51. The molecule has 0 radical (unpaired) electrons. The highest BCUT2D eigenvalue weighted by atomic mass is 16.2. The Morgan fingerprint density at radius 1 is 1.37 bits per heavy atom. The van der Waals surface area contributed by atoms with Crippen LogP contribution in [-0.4, -0.2) is 73.3 Å². The molecule has 19 heavy (non-hydrogen) atoms. The molecule has 0 aromatic heterocycles. The third-order valence-electron chi connectivity index (χ3n) is 3.51. The number of hydrogen-bond acceptors (Lipinski definition) is 4. The highest BCUT2D eigenvalue weighted by molar-refractivity contribution is 5.92. The van der Waals surface area contributed by atoms with Crippen molar-refractivity contribution in [3.05, 3.63) is 0 Å². The molecule has 2 aliphatic heterocycles. The molecule has 0 aromatic carbocycles. The second-order valence-corrected chi connectivity index (χ2v) is 4.98. The van der Waals surface area contributed by atoms with E-state index in [0.29, 0.717) is 25.9 Å². The van der Waals surface area contributed by atoms with E-state index in [2.05, 4.69) is 10.6 Å². The highest BCUT2D eigenvalue weighted by Gasteiger charge is 2.30. The van der Waals surface area contributed by atoms with Crippen LogP contribution in [0.5, 0.6) is 0 Å². The standard InChI is InChI=1S/C12H20N4O3/c1-15(12(19)9-2-3-10(17)14-9)8-11(18)16-6-4-13-5-7-16/h9,13H,2-8H2,1H3,(H,14,17)/t9-/m0/s1. The van der Waals surface area contributed by atoms with Gasteiger partial charge in [-0.25, -0.2) is 0 Å². The molecule has 2 N–H and O–H groups in total. The van der Waals surface area contributed by atoms with E-state index in [-0.39, 0.29) is 24.3 Å². The smallest absolute Gasteiger partial charge is 0.245 e. The number of carbonyl (C=O) groups is 3. The molecule has 3 amide bonds. The number of nitrogens with zero attached hydrogens (tertiary/aromatic N) is 2. The van der Waals surface area contributed by atoms with Crippen LogP contribution in [0.4, 0.5) is 0 Å². The molecule has 106 valence electrons. The minimum Gasteiger partial charge on any atom is -0.344 e. The van der Waals surface area contributed by atoms with Crippen LogP contribution in [0.1, 0.15) is 12.8 Å². The Morgan fingerprint density at radius 2 is 2.05 bits per heavy atom. The van der Waals surface area contributed by atoms with Crippen LogP contribution in [0.3, 0.4) is 0 Å². The molecule has 0 aliphatic carbocycles. The molecule has 2 heterocycles. The van der Waals surface area contributed by atoms with Crippen molar-refractivity contribution in [3.63, 3.8) is 0 Å². The quantitative estimate of drug-likeness (QED) is 0.630. The first-order valence-electron chi connectivity index (χ1n) is 6.61. The van der Waals surface area contributed by atoms with Gasteiger partial charge in [-0.05, 0) is 6.42 Å². The minimum atomic E-state index is -0.465. The lowest BCUT2D eigenvalue weighted by Gasteiger charge is -2.29. The van der Waals surface area contributed by atoms with E-state index in [1.54, 1.807) is 11.9 Å². The van der Waals surface area contributed by atoms with Gasteiger partial charge < -0.3 is 20.4 Å². The van der Waals surface area contributed by atoms with E-state index >= 15 is 0 Å². The second kappa shape index (κ2) is 6.01. The van der Waals surface area contributed by atoms with E-state index in [1.807, 2.05) is 0 Å². The van der Waals surface area contributed by atoms with Gasteiger partial charge in [-0.15, -0.1) is 0 Å². The average Bonchev–Trinajstić information content (AvgIpc) is 2.85. The van der Waals surface area contributed by atoms with Crippen LogP contribution in [0.25, 0.3) is 0 Å². The van der Waals surface area contributed by atoms with Gasteiger partial charge in [0.05, 0.1) is 6.54 Å². The maximum Gasteiger partial charge on any atom is 0.245 e. The van der Waals surface area contributed by atoms with Crippen LogP contribution in [0.15, 0.2) is 0 Å². The molecule has 2 aliphatic rings. The molecule has 0 aromatic rings. The lowest BCUT2D eigenvalue weighted by molar-refractivity contribution is -0.140. The Hall–Kier alpha value is -1.63. The van der Waals surface area contributed by atoms with Gasteiger partial charge in [0.15, 0.2) is 0 Å². The van der Waals surface area contributed by atoms with Crippen molar-refractivity contribution < 1.29 is 14.4 Å². The molecular formula is C12H20N4O3. The van der Waals surface area contributed by atoms with Crippen molar-refractivity contribution in [3.8, 4) is 0 Å². The zero-order chi connectivity index (χ0) is 13.8. The Kier molecular flexibility index (Phi) is 4.36. The number of rotatable bonds is 3. The highest BCUT2D eigenvalue weighted by Crippen LogP contribution is 2.09. The third-order valence-corrected chi connectivity index (χ3v) is 3.51. The largest absolute Gasteiger partial charge is 0.344 e. The minimum absolute atomic E-state index is 0.0401. The van der Waals surface area contributed by atoms with Gasteiger partial charge in [0.25, 0.3) is 0 Å². The van der Waals surface area contributed by atoms with Crippen molar-refractivity contribution in [2.75, 3.05) is 39.8 Å². The van der Waals surface area contributed by atoms with E-state index in [1.165, 1.54) is 4.90 Å². The van der Waals surface area contributed by atoms with Gasteiger partial charge in [-0.3, -0.25) is 14.4 Å². The molecule has 1 atom stereocenters. The van der Waals surface area contributed by atoms with Crippen molar-refractivity contribution in [1.29, 1.82) is 0 Å². The van der Waals surface area contributed by atoms with Gasteiger partial charge in [0.2, 0.25) is 17.7 Å². The fourth-order valence-electron chi connectivity index (χ4n) is 2.36. The summed E-state index contributed by atoms with van der Waals surface area (Å²) in [6, 6.07) is -0.465. The molecule has 2 fully saturated rings. The summed E-state index contributed by atoms with van der Waals surface area (Å²) in [4.78, 5) is 38.3. The molecule has 7 heteroatoms. The summed E-state index contributed by atoms with van der Waals surface area (Å²) in [7, 11) is 1.60. The summed E-state index contributed by atoms with van der Waals surface area (Å²) >= 11 is 0. The maximum atomic E-state index is 12.0. The predicted molar refractivity (Wildman–Crippen MR) is 68.3 cm³/mol. The molecular weight excluding hydrogens is 248 g/mol. The van der Waals surface area contributed by atoms with Crippen LogP contribution in [0, 0.1) is 0 Å². The Balaban J connectivity index is 1.82. The number of hydrogen-bond donors (Lipinski definition) is 2. The van der Waals surface area contributed by atoms with Crippen molar-refractivity contribution >= 4 is 17.7 Å². The number of amides is 3. The predicted octanol–water partition coefficient (Wildman–Crippen LogP) is -1.84. The van der Waals surface area contributed by atoms with E-state index in [9.17, 15) is 14.4 Å². The first-order chi connectivity index (χ1) is 9.08. The summed E-state index contributed by atoms with van der Waals surface area (Å²) in [6.07, 6.45) is 0.903. The number of carbonyl (C=O) groups excluding carboxylic acids is 3. The van der Waals surface area contributed by atoms with Gasteiger partial charge in [0.1, 0.15) is 6.04 Å². The van der Waals surface area contributed by atoms with Crippen molar-refractivity contribution in [2.24, 2.45) is 0 Å². The fourth-order valence-corrected chi connectivity index (χ4v) is 2.36. The van der Waals surface area contributed by atoms with Gasteiger partial charge in [-0.1, -0.05) is 0 Å². The van der Waals surface area contributed by atoms with E-state index < -0.39 is 6.04 Å². The summed E-state index contributed by atoms with van der Waals surface area (Å²) in [5, 5.41) is 5.80. The fraction of sp³-hybridized carbons (Fsp3) is 0.750. The second-order valence-electron chi connectivity index (χ2n) is 4.98. The lowest BCUT2D eigenvalue weighted by atomic mass is 10.2. The zero-order valence-electron chi connectivity index (χ0n) is 11.1. The summed E-state index contributed by atoms with van der Waals surface area (Å²) in [6.45, 7) is 3.03. The van der Waals surface area contributed by atoms with Crippen molar-refractivity contribution in [1.82, 2.24) is 20.4 Å². The Morgan fingerprint density at radius 3 is 2.63 bits per heavy atom. The van der Waals surface area contributed by atoms with E-state index in [0.717, 1.165) is 13.1 Å². The molecule has 0 spiro atoms. The van der Waals surface area contributed by atoms with Gasteiger partial charge in [0, 0.05) is 39.6 Å². The summed E-state index contributed by atoms with van der Waals surface area (Å²) < 4.78 is 0. The summed E-state index contributed by atoms with van der Waals surface area (Å²) in [5.74, 6) is -0.323. The number of nitrogens with one attached hydrogen (secondary N) is 2. The SMILES string of the molecule is CN(CC(=O)N1CCNCC1)C(=O)[C@@H]1CCC(=O)N1. The Labute approximate surface area is 112 Å². The normalized spacial score (nSPS) is 23.1. The zero-order valence-corrected chi connectivity index (χ0v) is 11.1. The maximum absolute atomic E-state index is 12.0. The molecule has 0 unspecified atom stereocenters. The molecule has 7 nitrogen and oxygen atoms in total. The monoisotopic (exact) mass is 268 g/mol. The molecule has 2 rings (SSSR count). The topological polar surface area (TPSA) is 81.8 Å². The first-order valence-corrected chi connectivity index (χ1v) is 6.61. The van der Waals surface area contributed by atoms with Crippen molar-refractivity contribution in [2.45, 2.75) is 18.9 Å². The number of piperazine rings is 1. The van der Waals surface area contributed by atoms with Crippen LogP contribution in [0.2, 0.25) is 0 Å². The number of likely N-dealkylation sites (N-methyl/N-ethyl adjacent to an activating group) is 1. The third kappa shape index (κ3) is 3.44. The van der Waals surface area contributed by atoms with Crippen LogP contribution < -0.4 is 10.6 Å². The van der Waals surface area contributed by atoms with Gasteiger partial charge >= 0.3 is 0 Å². The molecule has 0 bridgehead atoms. The van der Waals surface area contributed by atoms with E-state index in [4.69, 9.17) is 0 Å². The van der Waals surface area contributed by atoms with Crippen LogP contribution in [-0.2, 0) is 14.4 Å². The first kappa shape index (κ1) is 13.8. The molecule has 2 saturated heterocycles. The molecule has 0 saturated carbocycles. The van der Waals surface area contributed by atoms with Gasteiger partial charge in [-0.2, -0.15) is 0 Å². The average molecular weight is 268 g/mol. The van der Waals surface area contributed by atoms with Crippen LogP contribution >= 0.6 is 0 Å². The summed E-state index contributed by atoms with van der Waals surface area (Å²) in [5.41, 5.74) is 0.